The standard InChI is InChI=1S/C8H17NO3S.2C7H14O2.4CH4/c1-7-4-3-5-8(12-7)6-9-13(2,10)11;2*1-6-3-2-4-7(5-8)9-6;;;;/h7-9H,3-6H2,1-2H3;2*6-8H,2-5H2,1H3;4*1H4. The maximum Gasteiger partial charge on any atom is 0.208 e. The van der Waals surface area contributed by atoms with Crippen LogP contribution in [0.5, 0.6) is 0 Å². The smallest absolute Gasteiger partial charge is 0.208 e. The molecule has 3 saturated heterocycles. The van der Waals surface area contributed by atoms with Crippen LogP contribution < -0.4 is 4.72 Å². The molecule has 218 valence electrons. The van der Waals surface area contributed by atoms with Crippen molar-refractivity contribution in [1.29, 1.82) is 0 Å². The van der Waals surface area contributed by atoms with Crippen molar-refractivity contribution in [3.63, 3.8) is 0 Å². The monoisotopic (exact) mass is 531 g/mol. The van der Waals surface area contributed by atoms with Gasteiger partial charge >= 0.3 is 0 Å². The van der Waals surface area contributed by atoms with Crippen LogP contribution in [-0.4, -0.2) is 81.3 Å². The first-order valence-corrected chi connectivity index (χ1v) is 13.6. The third-order valence-electron chi connectivity index (χ3n) is 5.66. The summed E-state index contributed by atoms with van der Waals surface area (Å²) in [5.41, 5.74) is 0. The minimum Gasteiger partial charge on any atom is -0.394 e. The molecule has 0 saturated carbocycles. The largest absolute Gasteiger partial charge is 0.394 e. The number of aliphatic hydroxyl groups excluding tert-OH is 2. The van der Waals surface area contributed by atoms with Gasteiger partial charge in [0.2, 0.25) is 10.0 Å². The zero-order chi connectivity index (χ0) is 23.3. The molecule has 3 heterocycles. The van der Waals surface area contributed by atoms with E-state index in [-0.39, 0.29) is 67.3 Å². The SMILES string of the molecule is C.C.C.C.CC1CCCC(CNS(C)(=O)=O)O1.CC1CCCC(CO)O1.CC1CCCC(CO)O1. The van der Waals surface area contributed by atoms with Crippen molar-refractivity contribution in [1.82, 2.24) is 4.72 Å². The van der Waals surface area contributed by atoms with E-state index in [0.29, 0.717) is 18.8 Å². The summed E-state index contributed by atoms with van der Waals surface area (Å²) in [6, 6.07) is 0. The second-order valence-electron chi connectivity index (χ2n) is 8.98. The summed E-state index contributed by atoms with van der Waals surface area (Å²) in [6.07, 6.45) is 12.3. The first-order valence-electron chi connectivity index (χ1n) is 11.8. The van der Waals surface area contributed by atoms with Gasteiger partial charge < -0.3 is 24.4 Å². The molecule has 3 fully saturated rings. The van der Waals surface area contributed by atoms with Gasteiger partial charge in [-0.1, -0.05) is 29.7 Å². The van der Waals surface area contributed by atoms with E-state index in [1.165, 1.54) is 19.1 Å². The number of hydrogen-bond donors (Lipinski definition) is 3. The lowest BCUT2D eigenvalue weighted by Crippen LogP contribution is -2.37. The molecule has 35 heavy (non-hydrogen) atoms. The summed E-state index contributed by atoms with van der Waals surface area (Å²) >= 11 is 0. The molecule has 0 radical (unpaired) electrons. The molecule has 0 aromatic carbocycles. The predicted molar refractivity (Wildman–Crippen MR) is 149 cm³/mol. The van der Waals surface area contributed by atoms with Crippen molar-refractivity contribution < 1.29 is 32.8 Å². The molecule has 3 aliphatic heterocycles. The van der Waals surface area contributed by atoms with E-state index in [0.717, 1.165) is 44.9 Å². The van der Waals surface area contributed by atoms with Gasteiger partial charge in [-0.15, -0.1) is 0 Å². The fraction of sp³-hybridized carbons (Fsp3) is 1.00. The molecule has 6 atom stereocenters. The minimum absolute atomic E-state index is 0. The Bertz CT molecular complexity index is 540. The summed E-state index contributed by atoms with van der Waals surface area (Å²) in [7, 11) is -3.07. The Labute approximate surface area is 218 Å². The van der Waals surface area contributed by atoms with Crippen LogP contribution in [0.3, 0.4) is 0 Å². The molecule has 0 spiro atoms. The second-order valence-corrected chi connectivity index (χ2v) is 10.8. The van der Waals surface area contributed by atoms with Crippen LogP contribution in [-0.2, 0) is 24.2 Å². The van der Waals surface area contributed by atoms with Crippen molar-refractivity contribution in [3.8, 4) is 0 Å². The van der Waals surface area contributed by atoms with Gasteiger partial charge in [-0.2, -0.15) is 0 Å². The molecule has 0 bridgehead atoms. The van der Waals surface area contributed by atoms with Crippen molar-refractivity contribution in [2.24, 2.45) is 0 Å². The highest BCUT2D eigenvalue weighted by Gasteiger charge is 2.20. The molecular weight excluding hydrogens is 470 g/mol. The number of ether oxygens (including phenoxy) is 3. The Balaban J connectivity index is -0.000000199. The van der Waals surface area contributed by atoms with Crippen LogP contribution in [0, 0.1) is 0 Å². The Morgan fingerprint density at radius 1 is 0.657 bits per heavy atom. The number of hydrogen-bond acceptors (Lipinski definition) is 7. The van der Waals surface area contributed by atoms with E-state index < -0.39 is 10.0 Å². The van der Waals surface area contributed by atoms with Crippen molar-refractivity contribution >= 4 is 10.0 Å². The van der Waals surface area contributed by atoms with Crippen LogP contribution in [0.4, 0.5) is 0 Å². The van der Waals surface area contributed by atoms with E-state index in [9.17, 15) is 8.42 Å². The van der Waals surface area contributed by atoms with E-state index in [2.05, 4.69) is 18.6 Å². The minimum atomic E-state index is -3.07. The van der Waals surface area contributed by atoms with Gasteiger partial charge in [0.15, 0.2) is 0 Å². The third kappa shape index (κ3) is 21.5. The first kappa shape index (κ1) is 41.8. The lowest BCUT2D eigenvalue weighted by atomic mass is 10.1. The zero-order valence-electron chi connectivity index (χ0n) is 19.8. The van der Waals surface area contributed by atoms with Crippen molar-refractivity contribution in [2.45, 2.75) is 145 Å². The van der Waals surface area contributed by atoms with E-state index in [4.69, 9.17) is 24.4 Å². The fourth-order valence-corrected chi connectivity index (χ4v) is 4.44. The maximum atomic E-state index is 10.8. The molecule has 6 unspecified atom stereocenters. The van der Waals surface area contributed by atoms with E-state index in [1.54, 1.807) is 0 Å². The van der Waals surface area contributed by atoms with Gasteiger partial charge in [0.25, 0.3) is 0 Å². The number of aliphatic hydroxyl groups is 2. The summed E-state index contributed by atoms with van der Waals surface area (Å²) in [5.74, 6) is 0. The molecule has 3 aliphatic rings. The van der Waals surface area contributed by atoms with Crippen LogP contribution in [0.1, 0.15) is 108 Å². The topological polar surface area (TPSA) is 114 Å². The molecule has 0 amide bonds. The zero-order valence-corrected chi connectivity index (χ0v) is 20.6. The van der Waals surface area contributed by atoms with E-state index >= 15 is 0 Å². The Hall–Kier alpha value is -0.290. The average Bonchev–Trinajstić information content (AvgIpc) is 2.73. The summed E-state index contributed by atoms with van der Waals surface area (Å²) < 4.78 is 40.4. The molecular formula is C26H61NO7S. The second kappa shape index (κ2) is 22.9. The Morgan fingerprint density at radius 2 is 0.971 bits per heavy atom. The van der Waals surface area contributed by atoms with Crippen molar-refractivity contribution in [2.75, 3.05) is 26.0 Å². The molecule has 9 heteroatoms. The number of rotatable bonds is 5. The van der Waals surface area contributed by atoms with Crippen LogP contribution in [0.2, 0.25) is 0 Å². The highest BCUT2D eigenvalue weighted by atomic mass is 32.2. The Morgan fingerprint density at radius 3 is 1.23 bits per heavy atom. The lowest BCUT2D eigenvalue weighted by molar-refractivity contribution is -0.0633. The summed E-state index contributed by atoms with van der Waals surface area (Å²) in [6.45, 7) is 6.91. The van der Waals surface area contributed by atoms with Gasteiger partial charge in [-0.3, -0.25) is 0 Å². The predicted octanol–water partition coefficient (Wildman–Crippen LogP) is 4.91. The molecule has 3 N–H and O–H groups in total. The fourth-order valence-electron chi connectivity index (χ4n) is 3.96. The third-order valence-corrected chi connectivity index (χ3v) is 6.36. The van der Waals surface area contributed by atoms with Gasteiger partial charge in [0, 0.05) is 6.54 Å². The van der Waals surface area contributed by atoms with Gasteiger partial charge in [0.05, 0.1) is 56.1 Å². The normalized spacial score (nSPS) is 30.1. The molecule has 0 aromatic rings. The average molecular weight is 532 g/mol. The van der Waals surface area contributed by atoms with Gasteiger partial charge in [-0.05, 0) is 78.6 Å². The first-order chi connectivity index (χ1) is 14.6. The van der Waals surface area contributed by atoms with Gasteiger partial charge in [0.1, 0.15) is 0 Å². The quantitative estimate of drug-likeness (QED) is 0.462. The summed E-state index contributed by atoms with van der Waals surface area (Å²) in [5, 5.41) is 17.4. The number of sulfonamides is 1. The van der Waals surface area contributed by atoms with Crippen LogP contribution in [0.15, 0.2) is 0 Å². The van der Waals surface area contributed by atoms with Crippen LogP contribution >= 0.6 is 0 Å². The van der Waals surface area contributed by atoms with Gasteiger partial charge in [-0.25, -0.2) is 13.1 Å². The maximum absolute atomic E-state index is 10.8. The Kier molecular flexibility index (Phi) is 27.3. The lowest BCUT2D eigenvalue weighted by Gasteiger charge is -2.27. The van der Waals surface area contributed by atoms with Crippen LogP contribution in [0.25, 0.3) is 0 Å². The highest BCUT2D eigenvalue weighted by molar-refractivity contribution is 7.88. The van der Waals surface area contributed by atoms with E-state index in [1.807, 2.05) is 6.92 Å². The number of nitrogens with one attached hydrogen (secondary N) is 1. The molecule has 3 rings (SSSR count). The molecule has 0 aliphatic carbocycles. The summed E-state index contributed by atoms with van der Waals surface area (Å²) in [4.78, 5) is 0. The highest BCUT2D eigenvalue weighted by Crippen LogP contribution is 2.19. The molecule has 8 nitrogen and oxygen atoms in total. The molecule has 0 aromatic heterocycles. The van der Waals surface area contributed by atoms with Crippen molar-refractivity contribution in [3.05, 3.63) is 0 Å².